The summed E-state index contributed by atoms with van der Waals surface area (Å²) in [7, 11) is 2.26. The van der Waals surface area contributed by atoms with E-state index in [1.54, 1.807) is 0 Å². The van der Waals surface area contributed by atoms with Gasteiger partial charge in [-0.1, -0.05) is 19.8 Å². The molecular formula is C16H29BrN4. The molecule has 120 valence electrons. The van der Waals surface area contributed by atoms with Gasteiger partial charge in [-0.3, -0.25) is 4.68 Å². The Kier molecular flexibility index (Phi) is 6.71. The lowest BCUT2D eigenvalue weighted by molar-refractivity contribution is 0.245. The predicted octanol–water partition coefficient (Wildman–Crippen LogP) is 3.19. The van der Waals surface area contributed by atoms with Gasteiger partial charge in [0.2, 0.25) is 0 Å². The molecule has 0 aliphatic heterocycles. The van der Waals surface area contributed by atoms with Gasteiger partial charge >= 0.3 is 0 Å². The van der Waals surface area contributed by atoms with Crippen molar-refractivity contribution in [1.82, 2.24) is 20.0 Å². The van der Waals surface area contributed by atoms with Gasteiger partial charge in [0.1, 0.15) is 0 Å². The third kappa shape index (κ3) is 4.30. The number of nitrogens with zero attached hydrogens (tertiary/aromatic N) is 3. The fraction of sp³-hybridized carbons (Fsp3) is 0.812. The molecule has 0 amide bonds. The van der Waals surface area contributed by atoms with E-state index in [1.807, 2.05) is 0 Å². The first-order valence-electron chi connectivity index (χ1n) is 8.32. The van der Waals surface area contributed by atoms with Gasteiger partial charge in [0.05, 0.1) is 15.9 Å². The van der Waals surface area contributed by atoms with Crippen molar-refractivity contribution in [2.75, 3.05) is 20.1 Å². The van der Waals surface area contributed by atoms with E-state index in [1.165, 1.54) is 35.8 Å². The van der Waals surface area contributed by atoms with Crippen LogP contribution in [0.1, 0.15) is 50.9 Å². The maximum Gasteiger partial charge on any atom is 0.0767 e. The van der Waals surface area contributed by atoms with Crippen molar-refractivity contribution in [2.45, 2.75) is 65.1 Å². The van der Waals surface area contributed by atoms with Gasteiger partial charge in [-0.25, -0.2) is 0 Å². The van der Waals surface area contributed by atoms with E-state index in [9.17, 15) is 0 Å². The molecule has 1 N–H and O–H groups in total. The van der Waals surface area contributed by atoms with Crippen LogP contribution in [-0.2, 0) is 19.5 Å². The minimum atomic E-state index is 0.811. The molecule has 21 heavy (non-hydrogen) atoms. The number of halogens is 1. The van der Waals surface area contributed by atoms with Gasteiger partial charge in [-0.05, 0) is 49.2 Å². The number of rotatable bonds is 8. The molecule has 1 aromatic rings. The van der Waals surface area contributed by atoms with Gasteiger partial charge in [0.25, 0.3) is 0 Å². The molecular weight excluding hydrogens is 328 g/mol. The number of likely N-dealkylation sites (N-methyl/N-ethyl adjacent to an activating group) is 1. The van der Waals surface area contributed by atoms with Crippen LogP contribution in [-0.4, -0.2) is 40.9 Å². The molecule has 0 bridgehead atoms. The largest absolute Gasteiger partial charge is 0.310 e. The second-order valence-corrected chi connectivity index (χ2v) is 6.77. The van der Waals surface area contributed by atoms with Gasteiger partial charge in [0.15, 0.2) is 0 Å². The minimum absolute atomic E-state index is 0.811. The van der Waals surface area contributed by atoms with Gasteiger partial charge in [-0.15, -0.1) is 0 Å². The summed E-state index contributed by atoms with van der Waals surface area (Å²) in [6.45, 7) is 8.29. The summed E-state index contributed by atoms with van der Waals surface area (Å²) in [6.07, 6.45) is 6.55. The summed E-state index contributed by atoms with van der Waals surface area (Å²) in [5.74, 6) is 0. The van der Waals surface area contributed by atoms with E-state index in [0.29, 0.717) is 0 Å². The van der Waals surface area contributed by atoms with Crippen molar-refractivity contribution in [3.05, 3.63) is 15.9 Å². The van der Waals surface area contributed by atoms with Crippen LogP contribution in [0.4, 0.5) is 0 Å². The lowest BCUT2D eigenvalue weighted by Crippen LogP contribution is -2.35. The van der Waals surface area contributed by atoms with E-state index < -0.39 is 0 Å². The van der Waals surface area contributed by atoms with Gasteiger partial charge < -0.3 is 10.2 Å². The lowest BCUT2D eigenvalue weighted by atomic mass is 10.2. The molecule has 1 aliphatic carbocycles. The molecule has 1 saturated carbocycles. The first kappa shape index (κ1) is 17.0. The summed E-state index contributed by atoms with van der Waals surface area (Å²) in [5, 5.41) is 8.22. The Morgan fingerprint density at radius 2 is 2.05 bits per heavy atom. The summed E-state index contributed by atoms with van der Waals surface area (Å²) >= 11 is 3.70. The van der Waals surface area contributed by atoms with E-state index in [0.717, 1.165) is 44.3 Å². The molecule has 0 unspecified atom stereocenters. The zero-order valence-electron chi connectivity index (χ0n) is 13.7. The molecule has 0 atom stereocenters. The molecule has 4 nitrogen and oxygen atoms in total. The first-order chi connectivity index (χ1) is 10.2. The number of nitrogens with one attached hydrogen (secondary N) is 1. The molecule has 1 heterocycles. The Balaban J connectivity index is 1.79. The molecule has 0 aromatic carbocycles. The quantitative estimate of drug-likeness (QED) is 0.726. The van der Waals surface area contributed by atoms with Crippen LogP contribution in [0.2, 0.25) is 0 Å². The second-order valence-electron chi connectivity index (χ2n) is 5.97. The third-order valence-corrected chi connectivity index (χ3v) is 5.49. The van der Waals surface area contributed by atoms with Crippen LogP contribution >= 0.6 is 15.9 Å². The number of hydrogen-bond donors (Lipinski definition) is 1. The topological polar surface area (TPSA) is 33.1 Å². The molecule has 1 fully saturated rings. The average molecular weight is 357 g/mol. The fourth-order valence-electron chi connectivity index (χ4n) is 3.18. The predicted molar refractivity (Wildman–Crippen MR) is 91.6 cm³/mol. The molecule has 0 radical (unpaired) electrons. The normalized spacial score (nSPS) is 16.2. The smallest absolute Gasteiger partial charge is 0.0767 e. The summed E-state index contributed by atoms with van der Waals surface area (Å²) in [6, 6.07) is 0.811. The monoisotopic (exact) mass is 356 g/mol. The lowest BCUT2D eigenvalue weighted by Gasteiger charge is -2.24. The second kappa shape index (κ2) is 8.30. The van der Waals surface area contributed by atoms with Crippen LogP contribution < -0.4 is 5.32 Å². The SMILES string of the molecule is CCc1nn(CC)c(CNCCN(C)C2CCCC2)c1Br. The number of hydrogen-bond acceptors (Lipinski definition) is 3. The van der Waals surface area contributed by atoms with Crippen LogP contribution in [0.5, 0.6) is 0 Å². The molecule has 1 aliphatic rings. The molecule has 0 spiro atoms. The van der Waals surface area contributed by atoms with E-state index in [4.69, 9.17) is 0 Å². The Morgan fingerprint density at radius 3 is 2.67 bits per heavy atom. The molecule has 0 saturated heterocycles. The maximum absolute atomic E-state index is 4.64. The Morgan fingerprint density at radius 1 is 1.33 bits per heavy atom. The van der Waals surface area contributed by atoms with E-state index >= 15 is 0 Å². The standard InChI is InChI=1S/C16H29BrN4/c1-4-14-16(17)15(21(5-2)19-14)12-18-10-11-20(3)13-8-6-7-9-13/h13,18H,4-12H2,1-3H3. The highest BCUT2D eigenvalue weighted by Crippen LogP contribution is 2.23. The van der Waals surface area contributed by atoms with Crippen molar-refractivity contribution < 1.29 is 0 Å². The van der Waals surface area contributed by atoms with Crippen molar-refractivity contribution in [1.29, 1.82) is 0 Å². The van der Waals surface area contributed by atoms with Crippen LogP contribution in [0.3, 0.4) is 0 Å². The van der Waals surface area contributed by atoms with Crippen molar-refractivity contribution in [3.63, 3.8) is 0 Å². The zero-order valence-corrected chi connectivity index (χ0v) is 15.2. The third-order valence-electron chi connectivity index (χ3n) is 4.58. The molecule has 5 heteroatoms. The highest BCUT2D eigenvalue weighted by atomic mass is 79.9. The summed E-state index contributed by atoms with van der Waals surface area (Å²) < 4.78 is 3.29. The first-order valence-corrected chi connectivity index (χ1v) is 9.11. The Labute approximate surface area is 137 Å². The van der Waals surface area contributed by atoms with Crippen LogP contribution in [0.15, 0.2) is 4.47 Å². The van der Waals surface area contributed by atoms with Gasteiger partial charge in [-0.2, -0.15) is 5.10 Å². The Hall–Kier alpha value is -0.390. The average Bonchev–Trinajstić information content (AvgIpc) is 3.12. The molecule has 1 aromatic heterocycles. The number of aryl methyl sites for hydroxylation is 2. The highest BCUT2D eigenvalue weighted by Gasteiger charge is 2.19. The van der Waals surface area contributed by atoms with Crippen molar-refractivity contribution in [2.24, 2.45) is 0 Å². The Bertz CT molecular complexity index is 438. The number of aromatic nitrogens is 2. The zero-order chi connectivity index (χ0) is 15.2. The fourth-order valence-corrected chi connectivity index (χ4v) is 3.88. The maximum atomic E-state index is 4.64. The van der Waals surface area contributed by atoms with Crippen LogP contribution in [0, 0.1) is 0 Å². The van der Waals surface area contributed by atoms with Crippen molar-refractivity contribution in [3.8, 4) is 0 Å². The highest BCUT2D eigenvalue weighted by molar-refractivity contribution is 9.10. The molecule has 2 rings (SSSR count). The van der Waals surface area contributed by atoms with Crippen LogP contribution in [0.25, 0.3) is 0 Å². The summed E-state index contributed by atoms with van der Waals surface area (Å²) in [4.78, 5) is 2.52. The van der Waals surface area contributed by atoms with Gasteiger partial charge in [0, 0.05) is 32.2 Å². The van der Waals surface area contributed by atoms with E-state index in [-0.39, 0.29) is 0 Å². The van der Waals surface area contributed by atoms with E-state index in [2.05, 4.69) is 56.8 Å². The summed E-state index contributed by atoms with van der Waals surface area (Å²) in [5.41, 5.74) is 2.44. The minimum Gasteiger partial charge on any atom is -0.310 e. The van der Waals surface area contributed by atoms with Crippen molar-refractivity contribution >= 4 is 15.9 Å².